The molecule has 0 saturated carbocycles. The largest absolute Gasteiger partial charge is 0.306 e. The number of hydrogen-bond donors (Lipinski definition) is 1. The van der Waals surface area contributed by atoms with Gasteiger partial charge in [0.1, 0.15) is 0 Å². The van der Waals surface area contributed by atoms with E-state index in [9.17, 15) is 8.78 Å². The van der Waals surface area contributed by atoms with Crippen molar-refractivity contribution in [2.24, 2.45) is 0 Å². The Morgan fingerprint density at radius 3 is 2.63 bits per heavy atom. The predicted molar refractivity (Wildman–Crippen MR) is 70.9 cm³/mol. The first kappa shape index (κ1) is 13.6. The minimum atomic E-state index is -2.42. The molecule has 1 N–H and O–H groups in total. The molecule has 1 heterocycles. The second-order valence-electron chi connectivity index (χ2n) is 4.43. The highest BCUT2D eigenvalue weighted by Gasteiger charge is 2.08. The highest BCUT2D eigenvalue weighted by Crippen LogP contribution is 2.20. The molecule has 1 aromatic heterocycles. The smallest absolute Gasteiger partial charge is 0.263 e. The summed E-state index contributed by atoms with van der Waals surface area (Å²) in [6.07, 6.45) is 1.10. The summed E-state index contributed by atoms with van der Waals surface area (Å²) in [7, 11) is 0. The first-order valence-corrected chi connectivity index (χ1v) is 6.17. The standard InChI is InChI=1S/C15H16F2N2/c1-11(14-6-3-7-18-10-14)19-9-12-4-2-5-13(8-12)15(16)17/h2-8,10-11,15,19H,9H2,1H3. The molecule has 2 aromatic rings. The van der Waals surface area contributed by atoms with Crippen LogP contribution < -0.4 is 5.32 Å². The molecular formula is C15H16F2N2. The van der Waals surface area contributed by atoms with Crippen molar-refractivity contribution in [1.82, 2.24) is 10.3 Å². The van der Waals surface area contributed by atoms with E-state index in [2.05, 4.69) is 10.3 Å². The van der Waals surface area contributed by atoms with Crippen molar-refractivity contribution in [3.63, 3.8) is 0 Å². The van der Waals surface area contributed by atoms with Gasteiger partial charge < -0.3 is 5.32 Å². The fourth-order valence-electron chi connectivity index (χ4n) is 1.86. The van der Waals surface area contributed by atoms with Gasteiger partial charge in [-0.3, -0.25) is 4.98 Å². The molecule has 0 bridgehead atoms. The molecule has 1 atom stereocenters. The van der Waals surface area contributed by atoms with Crippen LogP contribution in [-0.4, -0.2) is 4.98 Å². The van der Waals surface area contributed by atoms with Crippen molar-refractivity contribution in [3.05, 3.63) is 65.5 Å². The molecule has 0 aliphatic rings. The highest BCUT2D eigenvalue weighted by molar-refractivity contribution is 5.24. The van der Waals surface area contributed by atoms with Crippen LogP contribution in [0.3, 0.4) is 0 Å². The highest BCUT2D eigenvalue weighted by atomic mass is 19.3. The minimum Gasteiger partial charge on any atom is -0.306 e. The Bertz CT molecular complexity index is 515. The zero-order chi connectivity index (χ0) is 13.7. The van der Waals surface area contributed by atoms with Crippen LogP contribution in [0, 0.1) is 0 Å². The number of nitrogens with zero attached hydrogens (tertiary/aromatic N) is 1. The van der Waals surface area contributed by atoms with Crippen LogP contribution in [0.5, 0.6) is 0 Å². The zero-order valence-electron chi connectivity index (χ0n) is 10.7. The Morgan fingerprint density at radius 1 is 1.16 bits per heavy atom. The number of rotatable bonds is 5. The Balaban J connectivity index is 1.97. The third kappa shape index (κ3) is 3.83. The maximum Gasteiger partial charge on any atom is 0.263 e. The molecule has 19 heavy (non-hydrogen) atoms. The van der Waals surface area contributed by atoms with Gasteiger partial charge in [-0.05, 0) is 30.2 Å². The molecule has 1 aromatic carbocycles. The molecule has 0 spiro atoms. The van der Waals surface area contributed by atoms with Crippen LogP contribution in [0.25, 0.3) is 0 Å². The van der Waals surface area contributed by atoms with Crippen molar-refractivity contribution in [2.45, 2.75) is 25.9 Å². The van der Waals surface area contributed by atoms with E-state index < -0.39 is 6.43 Å². The quantitative estimate of drug-likeness (QED) is 0.884. The topological polar surface area (TPSA) is 24.9 Å². The normalized spacial score (nSPS) is 12.6. The third-order valence-electron chi connectivity index (χ3n) is 3.00. The SMILES string of the molecule is CC(NCc1cccc(C(F)F)c1)c1cccnc1. The molecule has 0 aliphatic carbocycles. The third-order valence-corrected chi connectivity index (χ3v) is 3.00. The Kier molecular flexibility index (Phi) is 4.58. The lowest BCUT2D eigenvalue weighted by molar-refractivity contribution is 0.151. The second kappa shape index (κ2) is 6.38. The molecule has 0 saturated heterocycles. The van der Waals surface area contributed by atoms with Crippen LogP contribution in [0.4, 0.5) is 8.78 Å². The van der Waals surface area contributed by atoms with E-state index in [1.807, 2.05) is 25.1 Å². The molecule has 4 heteroatoms. The van der Waals surface area contributed by atoms with Gasteiger partial charge in [-0.2, -0.15) is 0 Å². The molecular weight excluding hydrogens is 246 g/mol. The van der Waals surface area contributed by atoms with E-state index in [0.717, 1.165) is 11.1 Å². The second-order valence-corrected chi connectivity index (χ2v) is 4.43. The molecule has 2 rings (SSSR count). The molecule has 0 amide bonds. The summed E-state index contributed by atoms with van der Waals surface area (Å²) in [5, 5.41) is 3.30. The minimum absolute atomic E-state index is 0.0633. The lowest BCUT2D eigenvalue weighted by Gasteiger charge is -2.14. The fourth-order valence-corrected chi connectivity index (χ4v) is 1.86. The molecule has 2 nitrogen and oxygen atoms in total. The van der Waals surface area contributed by atoms with Gasteiger partial charge in [0, 0.05) is 30.5 Å². The number of nitrogens with one attached hydrogen (secondary N) is 1. The number of halogens is 2. The molecule has 100 valence electrons. The van der Waals surface area contributed by atoms with E-state index in [1.54, 1.807) is 18.5 Å². The van der Waals surface area contributed by atoms with Crippen molar-refractivity contribution >= 4 is 0 Å². The summed E-state index contributed by atoms with van der Waals surface area (Å²) in [6, 6.07) is 10.5. The van der Waals surface area contributed by atoms with Crippen molar-refractivity contribution < 1.29 is 8.78 Å². The van der Waals surface area contributed by atoms with Gasteiger partial charge in [0.2, 0.25) is 0 Å². The van der Waals surface area contributed by atoms with Crippen molar-refractivity contribution in [1.29, 1.82) is 0 Å². The van der Waals surface area contributed by atoms with Gasteiger partial charge in [-0.25, -0.2) is 8.78 Å². The van der Waals surface area contributed by atoms with Gasteiger partial charge in [0.05, 0.1) is 0 Å². The average molecular weight is 262 g/mol. The van der Waals surface area contributed by atoms with Crippen LogP contribution >= 0.6 is 0 Å². The van der Waals surface area contributed by atoms with Gasteiger partial charge in [-0.1, -0.05) is 24.3 Å². The van der Waals surface area contributed by atoms with Crippen LogP contribution in [0.1, 0.15) is 36.1 Å². The van der Waals surface area contributed by atoms with E-state index in [4.69, 9.17) is 0 Å². The number of benzene rings is 1. The molecule has 1 unspecified atom stereocenters. The summed E-state index contributed by atoms with van der Waals surface area (Å²) in [6.45, 7) is 2.57. The van der Waals surface area contributed by atoms with Gasteiger partial charge in [0.15, 0.2) is 0 Å². The summed E-state index contributed by atoms with van der Waals surface area (Å²) in [5.41, 5.74) is 1.99. The van der Waals surface area contributed by atoms with Crippen LogP contribution in [0.15, 0.2) is 48.8 Å². The number of aromatic nitrogens is 1. The Hall–Kier alpha value is -1.81. The van der Waals surface area contributed by atoms with Crippen molar-refractivity contribution in [2.75, 3.05) is 0 Å². The lowest BCUT2D eigenvalue weighted by Crippen LogP contribution is -2.18. The predicted octanol–water partition coefficient (Wildman–Crippen LogP) is 3.87. The average Bonchev–Trinajstić information content (AvgIpc) is 2.46. The maximum absolute atomic E-state index is 12.6. The van der Waals surface area contributed by atoms with E-state index in [-0.39, 0.29) is 11.6 Å². The lowest BCUT2D eigenvalue weighted by atomic mass is 10.1. The number of alkyl halides is 2. The van der Waals surface area contributed by atoms with E-state index >= 15 is 0 Å². The Morgan fingerprint density at radius 2 is 1.95 bits per heavy atom. The van der Waals surface area contributed by atoms with E-state index in [1.165, 1.54) is 12.1 Å². The van der Waals surface area contributed by atoms with Crippen LogP contribution in [0.2, 0.25) is 0 Å². The van der Waals surface area contributed by atoms with Gasteiger partial charge >= 0.3 is 0 Å². The number of pyridine rings is 1. The van der Waals surface area contributed by atoms with Crippen molar-refractivity contribution in [3.8, 4) is 0 Å². The Labute approximate surface area is 111 Å². The molecule has 0 aliphatic heterocycles. The zero-order valence-corrected chi connectivity index (χ0v) is 10.7. The summed E-state index contributed by atoms with van der Waals surface area (Å²) < 4.78 is 25.2. The van der Waals surface area contributed by atoms with Crippen LogP contribution in [-0.2, 0) is 6.54 Å². The molecule has 0 fully saturated rings. The summed E-state index contributed by atoms with van der Waals surface area (Å²) >= 11 is 0. The monoisotopic (exact) mass is 262 g/mol. The first-order chi connectivity index (χ1) is 9.16. The van der Waals surface area contributed by atoms with E-state index in [0.29, 0.717) is 6.54 Å². The molecule has 0 radical (unpaired) electrons. The maximum atomic E-state index is 12.6. The fraction of sp³-hybridized carbons (Fsp3) is 0.267. The summed E-state index contributed by atoms with van der Waals surface area (Å²) in [4.78, 5) is 4.06. The summed E-state index contributed by atoms with van der Waals surface area (Å²) in [5.74, 6) is 0. The number of hydrogen-bond acceptors (Lipinski definition) is 2. The first-order valence-electron chi connectivity index (χ1n) is 6.17. The van der Waals surface area contributed by atoms with Gasteiger partial charge in [0.25, 0.3) is 6.43 Å². The van der Waals surface area contributed by atoms with Gasteiger partial charge in [-0.15, -0.1) is 0 Å².